The van der Waals surface area contributed by atoms with Gasteiger partial charge in [-0.25, -0.2) is 9.97 Å². The van der Waals surface area contributed by atoms with Crippen LogP contribution >= 0.6 is 11.3 Å². The number of hydrogen-bond acceptors (Lipinski definition) is 4. The first-order chi connectivity index (χ1) is 12.2. The third-order valence-corrected chi connectivity index (χ3v) is 4.72. The van der Waals surface area contributed by atoms with Crippen molar-refractivity contribution in [3.8, 4) is 11.3 Å². The first-order valence-electron chi connectivity index (χ1n) is 7.89. The van der Waals surface area contributed by atoms with Gasteiger partial charge in [-0.15, -0.1) is 11.3 Å². The van der Waals surface area contributed by atoms with Gasteiger partial charge in [-0.3, -0.25) is 10.1 Å². The number of aromatic nitrogens is 2. The quantitative estimate of drug-likeness (QED) is 0.573. The summed E-state index contributed by atoms with van der Waals surface area (Å²) < 4.78 is 0. The van der Waals surface area contributed by atoms with Crippen LogP contribution in [0.25, 0.3) is 22.2 Å². The second-order valence-electron chi connectivity index (χ2n) is 5.68. The summed E-state index contributed by atoms with van der Waals surface area (Å²) in [4.78, 5) is 21.7. The van der Waals surface area contributed by atoms with Crippen LogP contribution in [-0.2, 0) is 0 Å². The lowest BCUT2D eigenvalue weighted by molar-refractivity contribution is 0.102. The first-order valence-corrected chi connectivity index (χ1v) is 8.77. The molecule has 4 aromatic rings. The predicted molar refractivity (Wildman–Crippen MR) is 102 cm³/mol. The summed E-state index contributed by atoms with van der Waals surface area (Å²) in [7, 11) is 0. The Labute approximate surface area is 149 Å². The van der Waals surface area contributed by atoms with Gasteiger partial charge < -0.3 is 0 Å². The number of nitrogens with zero attached hydrogens (tertiary/aromatic N) is 2. The summed E-state index contributed by atoms with van der Waals surface area (Å²) in [6.07, 6.45) is 1.67. The Hall–Kier alpha value is -3.05. The fraction of sp³-hybridized carbons (Fsp3) is 0.0500. The Morgan fingerprint density at radius 3 is 2.68 bits per heavy atom. The molecule has 25 heavy (non-hydrogen) atoms. The molecule has 0 spiro atoms. The zero-order valence-corrected chi connectivity index (χ0v) is 14.4. The standard InChI is InChI=1S/C20H15N3OS/c1-13-6-2-3-7-14(13)18-12-16(15-8-4-5-9-17(15)22-18)19(24)23-20-21-10-11-25-20/h2-12H,1H3,(H,21,23,24). The van der Waals surface area contributed by atoms with Crippen LogP contribution in [0.15, 0.2) is 66.2 Å². The number of rotatable bonds is 3. The van der Waals surface area contributed by atoms with Crippen molar-refractivity contribution in [2.45, 2.75) is 6.92 Å². The SMILES string of the molecule is Cc1ccccc1-c1cc(C(=O)Nc2nccs2)c2ccccc2n1. The summed E-state index contributed by atoms with van der Waals surface area (Å²) in [6, 6.07) is 17.6. The summed E-state index contributed by atoms with van der Waals surface area (Å²) in [5, 5.41) is 6.11. The number of aryl methyl sites for hydroxylation is 1. The summed E-state index contributed by atoms with van der Waals surface area (Å²) in [6.45, 7) is 2.04. The van der Waals surface area contributed by atoms with Crippen LogP contribution in [0, 0.1) is 6.92 Å². The van der Waals surface area contributed by atoms with Crippen molar-refractivity contribution < 1.29 is 4.79 Å². The molecule has 0 aliphatic rings. The van der Waals surface area contributed by atoms with Crippen molar-refractivity contribution in [3.05, 3.63) is 77.3 Å². The molecule has 0 fully saturated rings. The number of hydrogen-bond donors (Lipinski definition) is 1. The lowest BCUT2D eigenvalue weighted by Crippen LogP contribution is -2.13. The van der Waals surface area contributed by atoms with Crippen LogP contribution < -0.4 is 5.32 Å². The highest BCUT2D eigenvalue weighted by Crippen LogP contribution is 2.27. The van der Waals surface area contributed by atoms with Gasteiger partial charge in [0.2, 0.25) is 0 Å². The molecule has 0 bridgehead atoms. The van der Waals surface area contributed by atoms with E-state index < -0.39 is 0 Å². The maximum absolute atomic E-state index is 12.8. The van der Waals surface area contributed by atoms with E-state index in [9.17, 15) is 4.79 Å². The molecule has 4 rings (SSSR count). The second kappa shape index (κ2) is 6.45. The van der Waals surface area contributed by atoms with E-state index in [0.29, 0.717) is 10.7 Å². The molecule has 0 atom stereocenters. The zero-order chi connectivity index (χ0) is 17.2. The van der Waals surface area contributed by atoms with Crippen molar-refractivity contribution in [1.29, 1.82) is 0 Å². The van der Waals surface area contributed by atoms with E-state index in [2.05, 4.69) is 10.3 Å². The van der Waals surface area contributed by atoms with Crippen molar-refractivity contribution in [1.82, 2.24) is 9.97 Å². The zero-order valence-electron chi connectivity index (χ0n) is 13.6. The van der Waals surface area contributed by atoms with Gasteiger partial charge in [-0.1, -0.05) is 42.5 Å². The molecule has 0 saturated heterocycles. The number of fused-ring (bicyclic) bond motifs is 1. The molecular weight excluding hydrogens is 330 g/mol. The molecule has 2 aromatic carbocycles. The Morgan fingerprint density at radius 2 is 1.88 bits per heavy atom. The van der Waals surface area contributed by atoms with Gasteiger partial charge in [0.25, 0.3) is 5.91 Å². The lowest BCUT2D eigenvalue weighted by Gasteiger charge is -2.11. The minimum atomic E-state index is -0.177. The summed E-state index contributed by atoms with van der Waals surface area (Å²) in [5.74, 6) is -0.177. The fourth-order valence-electron chi connectivity index (χ4n) is 2.81. The predicted octanol–water partition coefficient (Wildman–Crippen LogP) is 4.92. The van der Waals surface area contributed by atoms with Crippen LogP contribution in [0.2, 0.25) is 0 Å². The van der Waals surface area contributed by atoms with Crippen LogP contribution in [0.1, 0.15) is 15.9 Å². The summed E-state index contributed by atoms with van der Waals surface area (Å²) >= 11 is 1.40. The van der Waals surface area contributed by atoms with Gasteiger partial charge in [-0.05, 0) is 24.6 Å². The second-order valence-corrected chi connectivity index (χ2v) is 6.57. The largest absolute Gasteiger partial charge is 0.298 e. The van der Waals surface area contributed by atoms with E-state index in [-0.39, 0.29) is 5.91 Å². The highest BCUT2D eigenvalue weighted by Gasteiger charge is 2.15. The normalized spacial score (nSPS) is 10.8. The summed E-state index contributed by atoms with van der Waals surface area (Å²) in [5.41, 5.74) is 4.33. The molecule has 0 aliphatic heterocycles. The minimum Gasteiger partial charge on any atom is -0.298 e. The van der Waals surface area contributed by atoms with Crippen molar-refractivity contribution in [3.63, 3.8) is 0 Å². The van der Waals surface area contributed by atoms with Crippen LogP contribution in [0.5, 0.6) is 0 Å². The number of carbonyl (C=O) groups excluding carboxylic acids is 1. The van der Waals surface area contributed by atoms with Crippen molar-refractivity contribution in [2.24, 2.45) is 0 Å². The molecule has 2 heterocycles. The maximum Gasteiger partial charge on any atom is 0.258 e. The number of pyridine rings is 1. The molecular formula is C20H15N3OS. The number of para-hydroxylation sites is 1. The number of thiazole rings is 1. The Balaban J connectivity index is 1.87. The van der Waals surface area contributed by atoms with E-state index in [1.54, 1.807) is 6.20 Å². The third kappa shape index (κ3) is 3.02. The molecule has 4 nitrogen and oxygen atoms in total. The molecule has 0 unspecified atom stereocenters. The Morgan fingerprint density at radius 1 is 1.08 bits per heavy atom. The topological polar surface area (TPSA) is 54.9 Å². The molecule has 5 heteroatoms. The maximum atomic E-state index is 12.8. The van der Waals surface area contributed by atoms with E-state index in [1.165, 1.54) is 11.3 Å². The first kappa shape index (κ1) is 15.5. The van der Waals surface area contributed by atoms with Crippen molar-refractivity contribution in [2.75, 3.05) is 5.32 Å². The molecule has 122 valence electrons. The minimum absolute atomic E-state index is 0.177. The smallest absolute Gasteiger partial charge is 0.258 e. The van der Waals surface area contributed by atoms with E-state index in [0.717, 1.165) is 27.7 Å². The monoisotopic (exact) mass is 345 g/mol. The van der Waals surface area contributed by atoms with E-state index in [1.807, 2.05) is 66.9 Å². The molecule has 2 aromatic heterocycles. The molecule has 0 saturated carbocycles. The van der Waals surface area contributed by atoms with Gasteiger partial charge in [-0.2, -0.15) is 0 Å². The lowest BCUT2D eigenvalue weighted by atomic mass is 10.0. The average molecular weight is 345 g/mol. The Bertz CT molecular complexity index is 1060. The van der Waals surface area contributed by atoms with Crippen LogP contribution in [-0.4, -0.2) is 15.9 Å². The number of amides is 1. The highest BCUT2D eigenvalue weighted by molar-refractivity contribution is 7.13. The highest BCUT2D eigenvalue weighted by atomic mass is 32.1. The van der Waals surface area contributed by atoms with Gasteiger partial charge in [0.1, 0.15) is 0 Å². The average Bonchev–Trinajstić information content (AvgIpc) is 3.14. The van der Waals surface area contributed by atoms with E-state index in [4.69, 9.17) is 4.98 Å². The number of benzene rings is 2. The molecule has 0 aliphatic carbocycles. The molecule has 0 radical (unpaired) electrons. The third-order valence-electron chi connectivity index (χ3n) is 4.03. The van der Waals surface area contributed by atoms with Gasteiger partial charge in [0.15, 0.2) is 5.13 Å². The van der Waals surface area contributed by atoms with E-state index >= 15 is 0 Å². The van der Waals surface area contributed by atoms with Gasteiger partial charge in [0, 0.05) is 22.5 Å². The molecule has 1 N–H and O–H groups in total. The van der Waals surface area contributed by atoms with Crippen molar-refractivity contribution >= 4 is 33.3 Å². The molecule has 1 amide bonds. The van der Waals surface area contributed by atoms with Gasteiger partial charge >= 0.3 is 0 Å². The fourth-order valence-corrected chi connectivity index (χ4v) is 3.34. The number of nitrogens with one attached hydrogen (secondary N) is 1. The van der Waals surface area contributed by atoms with Gasteiger partial charge in [0.05, 0.1) is 16.8 Å². The number of carbonyl (C=O) groups is 1. The Kier molecular flexibility index (Phi) is 3.99. The van der Waals surface area contributed by atoms with Crippen LogP contribution in [0.3, 0.4) is 0 Å². The number of anilines is 1. The van der Waals surface area contributed by atoms with Crippen LogP contribution in [0.4, 0.5) is 5.13 Å².